The van der Waals surface area contributed by atoms with E-state index in [1.165, 1.54) is 6.34 Å². The number of hydrogen-bond donors (Lipinski definition) is 4. The fourth-order valence-corrected chi connectivity index (χ4v) is 4.19. The normalized spacial score (nSPS) is 12.6. The molecule has 0 heterocycles. The van der Waals surface area contributed by atoms with Gasteiger partial charge in [0.1, 0.15) is 12.2 Å². The number of nitrogens with one attached hydrogen (secondary N) is 4. The molecular weight excluding hydrogens is 597 g/mol. The standard InChI is InChI=1S/C30H42ClF3N8O2/c1-8-10-11-22(21(3)39-20-36-5)14-16-41(17-15-35-4)28(25(9-2)37-6)29(44)42(38-7)19-27(43)40-26-13-12-23(18-24(26)31)30(32,33)34/h8,10-13,18,20,35,37H,3,7,9,14-17,19H2,1-2,4-6H3,(H,36,39)(H,40,43)/b10-8-,22-11-,28-25+. The zero-order chi connectivity index (χ0) is 33.3. The summed E-state index contributed by atoms with van der Waals surface area (Å²) in [6.45, 7) is 12.2. The maximum absolute atomic E-state index is 14.0. The highest BCUT2D eigenvalue weighted by molar-refractivity contribution is 6.33. The van der Waals surface area contributed by atoms with Gasteiger partial charge in [0.2, 0.25) is 5.91 Å². The Kier molecular flexibility index (Phi) is 16.6. The summed E-state index contributed by atoms with van der Waals surface area (Å²) in [5, 5.41) is 16.1. The zero-order valence-electron chi connectivity index (χ0n) is 25.8. The van der Waals surface area contributed by atoms with Gasteiger partial charge in [0.25, 0.3) is 5.91 Å². The van der Waals surface area contributed by atoms with E-state index in [9.17, 15) is 22.8 Å². The van der Waals surface area contributed by atoms with Crippen molar-refractivity contribution in [1.29, 1.82) is 0 Å². The molecule has 0 aliphatic carbocycles. The van der Waals surface area contributed by atoms with Gasteiger partial charge in [-0.2, -0.15) is 18.3 Å². The lowest BCUT2D eigenvalue weighted by Crippen LogP contribution is -2.43. The molecule has 0 saturated heterocycles. The van der Waals surface area contributed by atoms with Crippen molar-refractivity contribution < 1.29 is 22.8 Å². The first-order chi connectivity index (χ1) is 20.9. The lowest BCUT2D eigenvalue weighted by atomic mass is 10.1. The van der Waals surface area contributed by atoms with Gasteiger partial charge in [0, 0.05) is 51.8 Å². The van der Waals surface area contributed by atoms with Crippen molar-refractivity contribution in [1.82, 2.24) is 25.9 Å². The Morgan fingerprint density at radius 2 is 1.89 bits per heavy atom. The van der Waals surface area contributed by atoms with Gasteiger partial charge in [0.05, 0.1) is 22.6 Å². The molecule has 0 aliphatic heterocycles. The Hall–Kier alpha value is -4.10. The molecule has 1 aromatic rings. The van der Waals surface area contributed by atoms with E-state index in [4.69, 9.17) is 11.6 Å². The summed E-state index contributed by atoms with van der Waals surface area (Å²) in [5.74, 6) is -1.32. The predicted octanol–water partition coefficient (Wildman–Crippen LogP) is 4.76. The second-order valence-corrected chi connectivity index (χ2v) is 9.65. The number of nitrogens with zero attached hydrogens (tertiary/aromatic N) is 4. The maximum Gasteiger partial charge on any atom is 0.416 e. The average molecular weight is 639 g/mol. The van der Waals surface area contributed by atoms with Crippen molar-refractivity contribution in [3.8, 4) is 0 Å². The SMILES string of the molecule is C=NN(CC(=O)Nc1ccc(C(F)(F)F)cc1Cl)C(=O)/C(=C(/CC)NC)N(CCNC)CC/C(=C/C=C\C)C(=C)NC=NC. The first-order valence-electron chi connectivity index (χ1n) is 13.8. The molecule has 0 radical (unpaired) electrons. The molecule has 0 fully saturated rings. The van der Waals surface area contributed by atoms with E-state index in [1.807, 2.05) is 37.0 Å². The second kappa shape index (κ2) is 19.2. The highest BCUT2D eigenvalue weighted by atomic mass is 35.5. The molecule has 0 spiro atoms. The predicted molar refractivity (Wildman–Crippen MR) is 172 cm³/mol. The van der Waals surface area contributed by atoms with Crippen LogP contribution in [0.3, 0.4) is 0 Å². The number of hydrogen-bond acceptors (Lipinski definition) is 7. The number of hydrazone groups is 1. The minimum Gasteiger partial charge on any atom is -0.390 e. The van der Waals surface area contributed by atoms with E-state index in [-0.39, 0.29) is 16.4 Å². The molecule has 0 atom stereocenters. The molecule has 0 aliphatic rings. The van der Waals surface area contributed by atoms with E-state index in [2.05, 4.69) is 44.7 Å². The Balaban J connectivity index is 3.35. The largest absolute Gasteiger partial charge is 0.416 e. The number of allylic oxidation sites excluding steroid dienone is 5. The van der Waals surface area contributed by atoms with Crippen LogP contribution < -0.4 is 21.3 Å². The molecule has 242 valence electrons. The summed E-state index contributed by atoms with van der Waals surface area (Å²) in [4.78, 5) is 32.7. The van der Waals surface area contributed by atoms with Crippen LogP contribution in [0.4, 0.5) is 18.9 Å². The first kappa shape index (κ1) is 37.9. The number of anilines is 1. The molecule has 1 rings (SSSR count). The lowest BCUT2D eigenvalue weighted by molar-refractivity contribution is -0.137. The molecule has 0 aromatic heterocycles. The highest BCUT2D eigenvalue weighted by Crippen LogP contribution is 2.33. The summed E-state index contributed by atoms with van der Waals surface area (Å²) in [6.07, 6.45) is 3.62. The number of halogens is 4. The van der Waals surface area contributed by atoms with Gasteiger partial charge in [-0.05, 0) is 50.6 Å². The van der Waals surface area contributed by atoms with Gasteiger partial charge < -0.3 is 26.2 Å². The van der Waals surface area contributed by atoms with Gasteiger partial charge in [0.15, 0.2) is 0 Å². The number of rotatable bonds is 18. The molecule has 14 heteroatoms. The maximum atomic E-state index is 14.0. The molecule has 0 unspecified atom stereocenters. The number of alkyl halides is 3. The van der Waals surface area contributed by atoms with Gasteiger partial charge in [-0.3, -0.25) is 14.6 Å². The number of benzene rings is 1. The molecule has 10 nitrogen and oxygen atoms in total. The van der Waals surface area contributed by atoms with Crippen molar-refractivity contribution in [2.24, 2.45) is 10.1 Å². The fourth-order valence-electron chi connectivity index (χ4n) is 3.96. The summed E-state index contributed by atoms with van der Waals surface area (Å²) in [6, 6.07) is 2.56. The van der Waals surface area contributed by atoms with E-state index in [1.54, 1.807) is 21.1 Å². The molecule has 44 heavy (non-hydrogen) atoms. The van der Waals surface area contributed by atoms with Gasteiger partial charge >= 0.3 is 6.18 Å². The van der Waals surface area contributed by atoms with Crippen LogP contribution in [0.1, 0.15) is 32.3 Å². The fraction of sp³-hybridized carbons (Fsp3) is 0.400. The van der Waals surface area contributed by atoms with Gasteiger partial charge in [-0.1, -0.05) is 43.3 Å². The van der Waals surface area contributed by atoms with Crippen LogP contribution in [-0.2, 0) is 15.8 Å². The van der Waals surface area contributed by atoms with Crippen molar-refractivity contribution >= 4 is 42.2 Å². The Morgan fingerprint density at radius 3 is 2.41 bits per heavy atom. The molecule has 1 aromatic carbocycles. The summed E-state index contributed by atoms with van der Waals surface area (Å²) >= 11 is 5.99. The van der Waals surface area contributed by atoms with Crippen LogP contribution in [0.2, 0.25) is 5.02 Å². The topological polar surface area (TPSA) is 113 Å². The molecule has 4 N–H and O–H groups in total. The lowest BCUT2D eigenvalue weighted by Gasteiger charge is -2.31. The number of carbonyl (C=O) groups excluding carboxylic acids is 2. The smallest absolute Gasteiger partial charge is 0.390 e. The van der Waals surface area contributed by atoms with Crippen molar-refractivity contribution in [3.05, 3.63) is 76.3 Å². The quantitative estimate of drug-likeness (QED) is 0.0607. The molecular formula is C30H42ClF3N8O2. The van der Waals surface area contributed by atoms with E-state index in [0.29, 0.717) is 49.9 Å². The van der Waals surface area contributed by atoms with Crippen LogP contribution in [0.5, 0.6) is 0 Å². The zero-order valence-corrected chi connectivity index (χ0v) is 26.6. The average Bonchev–Trinajstić information content (AvgIpc) is 2.99. The summed E-state index contributed by atoms with van der Waals surface area (Å²) in [5.41, 5.74) is 1.44. The highest BCUT2D eigenvalue weighted by Gasteiger charge is 2.31. The third-order valence-electron chi connectivity index (χ3n) is 6.26. The molecule has 0 bridgehead atoms. The van der Waals surface area contributed by atoms with Gasteiger partial charge in [-0.25, -0.2) is 5.01 Å². The van der Waals surface area contributed by atoms with E-state index < -0.39 is 30.1 Å². The van der Waals surface area contributed by atoms with E-state index >= 15 is 0 Å². The third kappa shape index (κ3) is 11.9. The number of likely N-dealkylation sites (N-methyl/N-ethyl adjacent to an activating group) is 1. The van der Waals surface area contributed by atoms with E-state index in [0.717, 1.165) is 22.7 Å². The number of amides is 2. The second-order valence-electron chi connectivity index (χ2n) is 9.24. The van der Waals surface area contributed by atoms with Crippen LogP contribution in [0, 0.1) is 0 Å². The van der Waals surface area contributed by atoms with Crippen LogP contribution in [-0.4, -0.2) is 82.1 Å². The number of aliphatic imine (C=N–C) groups is 1. The first-order valence-corrected chi connectivity index (χ1v) is 14.2. The van der Waals surface area contributed by atoms with Crippen LogP contribution in [0.15, 0.2) is 75.8 Å². The van der Waals surface area contributed by atoms with Crippen LogP contribution >= 0.6 is 11.6 Å². The van der Waals surface area contributed by atoms with Crippen molar-refractivity contribution in [2.45, 2.75) is 32.9 Å². The van der Waals surface area contributed by atoms with Gasteiger partial charge in [-0.15, -0.1) is 0 Å². The summed E-state index contributed by atoms with van der Waals surface area (Å²) < 4.78 is 39.0. The minimum absolute atomic E-state index is 0.0422. The molecule has 2 amide bonds. The minimum atomic E-state index is -4.59. The van der Waals surface area contributed by atoms with Crippen molar-refractivity contribution in [3.63, 3.8) is 0 Å². The Labute approximate surface area is 262 Å². The third-order valence-corrected chi connectivity index (χ3v) is 6.57. The Morgan fingerprint density at radius 1 is 1.18 bits per heavy atom. The molecule has 0 saturated carbocycles. The van der Waals surface area contributed by atoms with Crippen molar-refractivity contribution in [2.75, 3.05) is 52.6 Å². The summed E-state index contributed by atoms with van der Waals surface area (Å²) in [7, 11) is 5.13. The number of carbonyl (C=O) groups is 2. The Bertz CT molecular complexity index is 1270. The monoisotopic (exact) mass is 638 g/mol. The van der Waals surface area contributed by atoms with Crippen LogP contribution in [0.25, 0.3) is 0 Å².